The van der Waals surface area contributed by atoms with Crippen molar-refractivity contribution < 1.29 is 4.92 Å². The van der Waals surface area contributed by atoms with E-state index in [4.69, 9.17) is 34.8 Å². The topological polar surface area (TPSA) is 55.2 Å². The van der Waals surface area contributed by atoms with Gasteiger partial charge in [-0.05, 0) is 24.3 Å². The fraction of sp³-hybridized carbons (Fsp3) is 0.0769. The molecular weight excluding hydrogens is 323 g/mol. The van der Waals surface area contributed by atoms with E-state index in [-0.39, 0.29) is 12.2 Å². The van der Waals surface area contributed by atoms with Crippen molar-refractivity contribution in [1.82, 2.24) is 0 Å². The van der Waals surface area contributed by atoms with Gasteiger partial charge in [0.05, 0.1) is 15.5 Å². The first-order chi connectivity index (χ1) is 9.47. The maximum absolute atomic E-state index is 11.0. The number of rotatable bonds is 4. The van der Waals surface area contributed by atoms with E-state index in [1.165, 1.54) is 6.07 Å². The number of nitro groups is 1. The molecule has 0 spiro atoms. The summed E-state index contributed by atoms with van der Waals surface area (Å²) in [7, 11) is 0. The van der Waals surface area contributed by atoms with Crippen LogP contribution in [0.5, 0.6) is 0 Å². The van der Waals surface area contributed by atoms with E-state index in [0.717, 1.165) is 0 Å². The number of anilines is 1. The van der Waals surface area contributed by atoms with Crippen LogP contribution in [-0.2, 0) is 6.54 Å². The van der Waals surface area contributed by atoms with Crippen LogP contribution in [0.2, 0.25) is 15.1 Å². The number of hydrogen-bond donors (Lipinski definition) is 1. The third kappa shape index (κ3) is 3.54. The quantitative estimate of drug-likeness (QED) is 0.621. The summed E-state index contributed by atoms with van der Waals surface area (Å²) in [6.45, 7) is 0.201. The molecule has 0 saturated carbocycles. The summed E-state index contributed by atoms with van der Waals surface area (Å²) >= 11 is 17.8. The molecule has 104 valence electrons. The lowest BCUT2D eigenvalue weighted by Crippen LogP contribution is -2.04. The molecule has 2 rings (SSSR count). The lowest BCUT2D eigenvalue weighted by Gasteiger charge is -2.09. The fourth-order valence-corrected chi connectivity index (χ4v) is 2.50. The van der Waals surface area contributed by atoms with Crippen LogP contribution in [0, 0.1) is 10.1 Å². The highest BCUT2D eigenvalue weighted by atomic mass is 35.5. The molecule has 0 unspecified atom stereocenters. The van der Waals surface area contributed by atoms with Gasteiger partial charge in [0.25, 0.3) is 5.69 Å². The first kappa shape index (κ1) is 14.9. The van der Waals surface area contributed by atoms with Gasteiger partial charge >= 0.3 is 0 Å². The summed E-state index contributed by atoms with van der Waals surface area (Å²) in [4.78, 5) is 10.5. The lowest BCUT2D eigenvalue weighted by molar-refractivity contribution is -0.385. The number of nitro benzene ring substituents is 1. The molecule has 0 aliphatic rings. The Labute approximate surface area is 130 Å². The molecule has 0 atom stereocenters. The molecule has 7 heteroatoms. The Morgan fingerprint density at radius 1 is 1.10 bits per heavy atom. The predicted molar refractivity (Wildman–Crippen MR) is 81.9 cm³/mol. The highest BCUT2D eigenvalue weighted by Gasteiger charge is 2.16. The van der Waals surface area contributed by atoms with Gasteiger partial charge in [0, 0.05) is 28.3 Å². The molecular formula is C13H9Cl3N2O2. The number of nitrogens with zero attached hydrogens (tertiary/aromatic N) is 1. The molecule has 0 radical (unpaired) electrons. The second kappa shape index (κ2) is 6.31. The summed E-state index contributed by atoms with van der Waals surface area (Å²) in [5.74, 6) is 0. The van der Waals surface area contributed by atoms with Crippen LogP contribution in [0.25, 0.3) is 0 Å². The number of hydrogen-bond acceptors (Lipinski definition) is 3. The van der Waals surface area contributed by atoms with Gasteiger partial charge in [-0.1, -0.05) is 40.9 Å². The maximum atomic E-state index is 11.0. The summed E-state index contributed by atoms with van der Waals surface area (Å²) in [6, 6.07) is 9.52. The van der Waals surface area contributed by atoms with Crippen molar-refractivity contribution in [1.29, 1.82) is 0 Å². The SMILES string of the molecule is O=[N+]([O-])c1cccc(Cl)c1CNc1cc(Cl)cc(Cl)c1. The summed E-state index contributed by atoms with van der Waals surface area (Å²) in [5, 5.41) is 15.3. The highest BCUT2D eigenvalue weighted by molar-refractivity contribution is 6.35. The van der Waals surface area contributed by atoms with Crippen molar-refractivity contribution in [3.63, 3.8) is 0 Å². The van der Waals surface area contributed by atoms with E-state index >= 15 is 0 Å². The zero-order chi connectivity index (χ0) is 14.7. The molecule has 4 nitrogen and oxygen atoms in total. The van der Waals surface area contributed by atoms with E-state index in [1.54, 1.807) is 30.3 Å². The highest BCUT2D eigenvalue weighted by Crippen LogP contribution is 2.28. The molecule has 0 bridgehead atoms. The largest absolute Gasteiger partial charge is 0.381 e. The summed E-state index contributed by atoms with van der Waals surface area (Å²) in [6.07, 6.45) is 0. The maximum Gasteiger partial charge on any atom is 0.275 e. The van der Waals surface area contributed by atoms with Crippen LogP contribution in [-0.4, -0.2) is 4.92 Å². The number of benzene rings is 2. The summed E-state index contributed by atoms with van der Waals surface area (Å²) in [5.41, 5.74) is 1.05. The molecule has 1 N–H and O–H groups in total. The average molecular weight is 332 g/mol. The van der Waals surface area contributed by atoms with Crippen molar-refractivity contribution >= 4 is 46.2 Å². The smallest absolute Gasteiger partial charge is 0.275 e. The molecule has 20 heavy (non-hydrogen) atoms. The Bertz CT molecular complexity index is 642. The first-order valence-electron chi connectivity index (χ1n) is 5.59. The van der Waals surface area contributed by atoms with Gasteiger partial charge < -0.3 is 5.32 Å². The Kier molecular flexibility index (Phi) is 4.70. The van der Waals surface area contributed by atoms with Crippen LogP contribution >= 0.6 is 34.8 Å². The van der Waals surface area contributed by atoms with Crippen LogP contribution in [0.4, 0.5) is 11.4 Å². The van der Waals surface area contributed by atoms with Crippen LogP contribution in [0.1, 0.15) is 5.56 Å². The Hall–Kier alpha value is -1.49. The lowest BCUT2D eigenvalue weighted by atomic mass is 10.1. The van der Waals surface area contributed by atoms with E-state index < -0.39 is 4.92 Å². The van der Waals surface area contributed by atoms with Gasteiger partial charge in [-0.2, -0.15) is 0 Å². The second-order valence-corrected chi connectivity index (χ2v) is 5.29. The molecule has 2 aromatic rings. The monoisotopic (exact) mass is 330 g/mol. The van der Waals surface area contributed by atoms with Crippen molar-refractivity contribution in [3.05, 3.63) is 67.1 Å². The Morgan fingerprint density at radius 3 is 2.35 bits per heavy atom. The van der Waals surface area contributed by atoms with E-state index in [9.17, 15) is 10.1 Å². The first-order valence-corrected chi connectivity index (χ1v) is 6.72. The van der Waals surface area contributed by atoms with E-state index in [1.807, 2.05) is 0 Å². The van der Waals surface area contributed by atoms with Crippen molar-refractivity contribution in [2.24, 2.45) is 0 Å². The van der Waals surface area contributed by atoms with E-state index in [0.29, 0.717) is 26.3 Å². The van der Waals surface area contributed by atoms with Crippen molar-refractivity contribution in [2.45, 2.75) is 6.54 Å². The molecule has 0 aromatic heterocycles. The molecule has 0 saturated heterocycles. The minimum atomic E-state index is -0.464. The van der Waals surface area contributed by atoms with Gasteiger partial charge in [-0.15, -0.1) is 0 Å². The molecule has 2 aromatic carbocycles. The number of nitrogens with one attached hydrogen (secondary N) is 1. The van der Waals surface area contributed by atoms with Gasteiger partial charge in [-0.3, -0.25) is 10.1 Å². The minimum Gasteiger partial charge on any atom is -0.381 e. The van der Waals surface area contributed by atoms with Gasteiger partial charge in [-0.25, -0.2) is 0 Å². The van der Waals surface area contributed by atoms with Crippen molar-refractivity contribution in [2.75, 3.05) is 5.32 Å². The molecule has 0 aliphatic heterocycles. The zero-order valence-corrected chi connectivity index (χ0v) is 12.3. The standard InChI is InChI=1S/C13H9Cl3N2O2/c14-8-4-9(15)6-10(5-8)17-7-11-12(16)2-1-3-13(11)18(19)20/h1-6,17H,7H2. The van der Waals surface area contributed by atoms with Crippen LogP contribution in [0.15, 0.2) is 36.4 Å². The zero-order valence-electron chi connectivity index (χ0n) is 10.1. The molecule has 0 amide bonds. The number of halogens is 3. The predicted octanol–water partition coefficient (Wildman–Crippen LogP) is 5.17. The third-order valence-corrected chi connectivity index (χ3v) is 3.41. The van der Waals surface area contributed by atoms with Crippen LogP contribution in [0.3, 0.4) is 0 Å². The fourth-order valence-electron chi connectivity index (χ4n) is 1.74. The molecule has 0 aliphatic carbocycles. The Morgan fingerprint density at radius 2 is 1.75 bits per heavy atom. The molecule has 0 fully saturated rings. The van der Waals surface area contributed by atoms with Gasteiger partial charge in [0.15, 0.2) is 0 Å². The Balaban J connectivity index is 2.25. The normalized spacial score (nSPS) is 10.3. The van der Waals surface area contributed by atoms with Crippen LogP contribution < -0.4 is 5.32 Å². The van der Waals surface area contributed by atoms with Crippen molar-refractivity contribution in [3.8, 4) is 0 Å². The minimum absolute atomic E-state index is 0.0295. The molecule has 0 heterocycles. The van der Waals surface area contributed by atoms with Gasteiger partial charge in [0.1, 0.15) is 0 Å². The summed E-state index contributed by atoms with van der Waals surface area (Å²) < 4.78 is 0. The van der Waals surface area contributed by atoms with Gasteiger partial charge in [0.2, 0.25) is 0 Å². The second-order valence-electron chi connectivity index (χ2n) is 4.01. The third-order valence-electron chi connectivity index (χ3n) is 2.62. The average Bonchev–Trinajstić information content (AvgIpc) is 2.35. The van der Waals surface area contributed by atoms with E-state index in [2.05, 4.69) is 5.32 Å².